The molecule has 1 fully saturated rings. The quantitative estimate of drug-likeness (QED) is 0.824. The first-order valence-corrected chi connectivity index (χ1v) is 7.08. The molecule has 0 bridgehead atoms. The Morgan fingerprint density at radius 3 is 3.11 bits per heavy atom. The van der Waals surface area contributed by atoms with Crippen LogP contribution in [0.15, 0.2) is 12.7 Å². The highest BCUT2D eigenvalue weighted by Gasteiger charge is 2.16. The summed E-state index contributed by atoms with van der Waals surface area (Å²) in [7, 11) is 0. The van der Waals surface area contributed by atoms with E-state index in [1.807, 2.05) is 11.8 Å². The van der Waals surface area contributed by atoms with Crippen molar-refractivity contribution in [2.45, 2.75) is 18.1 Å². The van der Waals surface area contributed by atoms with Gasteiger partial charge in [-0.25, -0.2) is 4.98 Å². The number of aromatic nitrogens is 6. The van der Waals surface area contributed by atoms with Crippen LogP contribution in [-0.4, -0.2) is 47.3 Å². The molecule has 3 rings (SSSR count). The first kappa shape index (κ1) is 12.2. The molecule has 1 aliphatic rings. The highest BCUT2D eigenvalue weighted by Crippen LogP contribution is 2.25. The first-order valence-electron chi connectivity index (χ1n) is 6.03. The second-order valence-corrected chi connectivity index (χ2v) is 5.58. The lowest BCUT2D eigenvalue weighted by Gasteiger charge is -2.10. The van der Waals surface area contributed by atoms with Gasteiger partial charge in [0.2, 0.25) is 11.9 Å². The zero-order chi connectivity index (χ0) is 13.1. The SMILES string of the molecule is Nc1nc(NCC2CCCS2)nc(-n2cncn2)n1. The molecule has 3 N–H and O–H groups in total. The Kier molecular flexibility index (Phi) is 3.45. The van der Waals surface area contributed by atoms with Gasteiger partial charge in [-0.2, -0.15) is 36.5 Å². The molecule has 1 atom stereocenters. The van der Waals surface area contributed by atoms with E-state index >= 15 is 0 Å². The molecule has 0 amide bonds. The molecule has 2 aromatic rings. The monoisotopic (exact) mass is 278 g/mol. The molecule has 0 radical (unpaired) electrons. The smallest absolute Gasteiger partial charge is 0.258 e. The number of hydrogen-bond donors (Lipinski definition) is 2. The van der Waals surface area contributed by atoms with Crippen molar-refractivity contribution in [3.63, 3.8) is 0 Å². The van der Waals surface area contributed by atoms with Crippen molar-refractivity contribution >= 4 is 23.7 Å². The fourth-order valence-electron chi connectivity index (χ4n) is 1.88. The van der Waals surface area contributed by atoms with Crippen LogP contribution in [0.1, 0.15) is 12.8 Å². The molecule has 1 unspecified atom stereocenters. The fourth-order valence-corrected chi connectivity index (χ4v) is 3.09. The summed E-state index contributed by atoms with van der Waals surface area (Å²) in [6, 6.07) is 0. The van der Waals surface area contributed by atoms with Crippen molar-refractivity contribution in [2.24, 2.45) is 0 Å². The van der Waals surface area contributed by atoms with E-state index in [4.69, 9.17) is 5.73 Å². The number of thioether (sulfide) groups is 1. The molecule has 1 saturated heterocycles. The first-order chi connectivity index (χ1) is 9.31. The van der Waals surface area contributed by atoms with Gasteiger partial charge in [-0.1, -0.05) is 0 Å². The molecule has 9 heteroatoms. The Bertz CT molecular complexity index is 536. The van der Waals surface area contributed by atoms with E-state index in [1.54, 1.807) is 0 Å². The summed E-state index contributed by atoms with van der Waals surface area (Å²) in [6.45, 7) is 0.838. The predicted molar refractivity (Wildman–Crippen MR) is 73.1 cm³/mol. The molecule has 100 valence electrons. The van der Waals surface area contributed by atoms with Gasteiger partial charge < -0.3 is 11.1 Å². The third kappa shape index (κ3) is 2.92. The van der Waals surface area contributed by atoms with Gasteiger partial charge in [0.25, 0.3) is 5.95 Å². The minimum absolute atomic E-state index is 0.169. The number of nitrogen functional groups attached to an aromatic ring is 1. The highest BCUT2D eigenvalue weighted by molar-refractivity contribution is 8.00. The van der Waals surface area contributed by atoms with Gasteiger partial charge in [-0.05, 0) is 18.6 Å². The number of nitrogens with zero attached hydrogens (tertiary/aromatic N) is 6. The zero-order valence-corrected chi connectivity index (χ0v) is 11.0. The molecule has 1 aliphatic heterocycles. The Morgan fingerprint density at radius 1 is 1.42 bits per heavy atom. The van der Waals surface area contributed by atoms with E-state index < -0.39 is 0 Å². The van der Waals surface area contributed by atoms with Crippen LogP contribution >= 0.6 is 11.8 Å². The second-order valence-electron chi connectivity index (χ2n) is 4.17. The van der Waals surface area contributed by atoms with Crippen LogP contribution in [0.25, 0.3) is 5.95 Å². The molecular formula is C10H14N8S. The van der Waals surface area contributed by atoms with Crippen molar-refractivity contribution in [1.29, 1.82) is 0 Å². The van der Waals surface area contributed by atoms with E-state index in [0.717, 1.165) is 6.54 Å². The molecule has 0 aromatic carbocycles. The summed E-state index contributed by atoms with van der Waals surface area (Å²) in [5.74, 6) is 2.25. The van der Waals surface area contributed by atoms with E-state index in [-0.39, 0.29) is 5.95 Å². The summed E-state index contributed by atoms with van der Waals surface area (Å²) in [5.41, 5.74) is 5.68. The molecule has 0 saturated carbocycles. The third-order valence-corrected chi connectivity index (χ3v) is 4.17. The number of nitrogens with one attached hydrogen (secondary N) is 1. The molecule has 0 aliphatic carbocycles. The van der Waals surface area contributed by atoms with Crippen LogP contribution < -0.4 is 11.1 Å². The van der Waals surface area contributed by atoms with Crippen LogP contribution in [0.4, 0.5) is 11.9 Å². The van der Waals surface area contributed by atoms with Gasteiger partial charge in [0.05, 0.1) is 0 Å². The van der Waals surface area contributed by atoms with E-state index in [9.17, 15) is 0 Å². The number of rotatable bonds is 4. The standard InChI is InChI=1S/C10H14N8S/c11-8-15-9(13-4-7-2-1-3-19-7)17-10(16-8)18-6-12-5-14-18/h5-7H,1-4H2,(H3,11,13,15,16,17). The summed E-state index contributed by atoms with van der Waals surface area (Å²) < 4.78 is 1.45. The Morgan fingerprint density at radius 2 is 2.37 bits per heavy atom. The van der Waals surface area contributed by atoms with Gasteiger partial charge in [0.1, 0.15) is 12.7 Å². The van der Waals surface area contributed by atoms with Crippen LogP contribution in [0.3, 0.4) is 0 Å². The Balaban J connectivity index is 1.74. The fraction of sp³-hybridized carbons (Fsp3) is 0.500. The minimum atomic E-state index is 0.169. The van der Waals surface area contributed by atoms with Gasteiger partial charge in [0.15, 0.2) is 0 Å². The summed E-state index contributed by atoms with van der Waals surface area (Å²) in [5, 5.41) is 7.80. The lowest BCUT2D eigenvalue weighted by molar-refractivity contribution is 0.781. The van der Waals surface area contributed by atoms with Gasteiger partial charge in [0, 0.05) is 11.8 Å². The van der Waals surface area contributed by atoms with Crippen LogP contribution in [0.5, 0.6) is 0 Å². The summed E-state index contributed by atoms with van der Waals surface area (Å²) in [6.07, 6.45) is 5.45. The van der Waals surface area contributed by atoms with Crippen molar-refractivity contribution in [1.82, 2.24) is 29.7 Å². The number of anilines is 2. The van der Waals surface area contributed by atoms with E-state index in [1.165, 1.54) is 35.9 Å². The van der Waals surface area contributed by atoms with E-state index in [0.29, 0.717) is 17.1 Å². The highest BCUT2D eigenvalue weighted by atomic mass is 32.2. The van der Waals surface area contributed by atoms with Gasteiger partial charge >= 0.3 is 0 Å². The molecule has 19 heavy (non-hydrogen) atoms. The normalized spacial score (nSPS) is 18.6. The molecular weight excluding hydrogens is 264 g/mol. The Hall–Kier alpha value is -1.90. The Labute approximate surface area is 114 Å². The maximum Gasteiger partial charge on any atom is 0.258 e. The van der Waals surface area contributed by atoms with Crippen LogP contribution in [0.2, 0.25) is 0 Å². The maximum absolute atomic E-state index is 5.68. The molecule has 3 heterocycles. The number of hydrogen-bond acceptors (Lipinski definition) is 8. The summed E-state index contributed by atoms with van der Waals surface area (Å²) >= 11 is 1.98. The van der Waals surface area contributed by atoms with Crippen molar-refractivity contribution in [3.05, 3.63) is 12.7 Å². The van der Waals surface area contributed by atoms with Gasteiger partial charge in [-0.15, -0.1) is 0 Å². The largest absolute Gasteiger partial charge is 0.368 e. The molecule has 2 aromatic heterocycles. The van der Waals surface area contributed by atoms with Gasteiger partial charge in [-0.3, -0.25) is 0 Å². The molecule has 0 spiro atoms. The topological polar surface area (TPSA) is 107 Å². The predicted octanol–water partition coefficient (Wildman–Crippen LogP) is 0.342. The lowest BCUT2D eigenvalue weighted by Crippen LogP contribution is -2.17. The van der Waals surface area contributed by atoms with E-state index in [2.05, 4.69) is 30.4 Å². The minimum Gasteiger partial charge on any atom is -0.368 e. The summed E-state index contributed by atoms with van der Waals surface area (Å²) in [4.78, 5) is 16.2. The van der Waals surface area contributed by atoms with Crippen LogP contribution in [-0.2, 0) is 0 Å². The number of nitrogens with two attached hydrogens (primary N) is 1. The molecule has 8 nitrogen and oxygen atoms in total. The zero-order valence-electron chi connectivity index (χ0n) is 10.2. The van der Waals surface area contributed by atoms with Crippen molar-refractivity contribution < 1.29 is 0 Å². The average Bonchev–Trinajstić information content (AvgIpc) is 3.09. The second kappa shape index (κ2) is 5.39. The third-order valence-electron chi connectivity index (χ3n) is 2.78. The van der Waals surface area contributed by atoms with Crippen LogP contribution in [0, 0.1) is 0 Å². The van der Waals surface area contributed by atoms with Crippen molar-refractivity contribution in [3.8, 4) is 5.95 Å². The maximum atomic E-state index is 5.68. The lowest BCUT2D eigenvalue weighted by atomic mass is 10.2. The average molecular weight is 278 g/mol. The van der Waals surface area contributed by atoms with Crippen molar-refractivity contribution in [2.75, 3.05) is 23.3 Å².